The Morgan fingerprint density at radius 1 is 1.36 bits per heavy atom. The predicted octanol–water partition coefficient (Wildman–Crippen LogP) is 0.720. The maximum absolute atomic E-state index is 12.2. The minimum Gasteiger partial charge on any atom is -0.462 e. The van der Waals surface area contributed by atoms with Crippen LogP contribution < -0.4 is 11.1 Å². The number of rotatable bonds is 9. The van der Waals surface area contributed by atoms with E-state index < -0.39 is 35.9 Å². The van der Waals surface area contributed by atoms with Gasteiger partial charge in [0.2, 0.25) is 5.91 Å². The highest BCUT2D eigenvalue weighted by molar-refractivity contribution is 5.93. The lowest BCUT2D eigenvalue weighted by molar-refractivity contribution is -0.154. The molecule has 5 atom stereocenters. The summed E-state index contributed by atoms with van der Waals surface area (Å²) in [7, 11) is 0. The standard InChI is InChI=1S/C22H33N5O6/c1-5-6-7-16(28)26-20-13-8-9-15(27(13)25-11-24-20)22(4)19(30)18(29)14(33-22)10-32-21(31)17(23)12(2)3/h8-9,11-12,14,17-19,29-30H,5-7,10,23H2,1-4H3,(H,24,25,26,28)/t14-,17+,18-,19-,22+/m1/s1. The highest BCUT2D eigenvalue weighted by Crippen LogP contribution is 2.40. The van der Waals surface area contributed by atoms with Crippen LogP contribution in [-0.2, 0) is 24.7 Å². The molecule has 0 spiro atoms. The molecule has 11 nitrogen and oxygen atoms in total. The summed E-state index contributed by atoms with van der Waals surface area (Å²) in [6.45, 7) is 6.96. The van der Waals surface area contributed by atoms with Crippen molar-refractivity contribution >= 4 is 23.2 Å². The lowest BCUT2D eigenvalue weighted by atomic mass is 9.93. The van der Waals surface area contributed by atoms with Gasteiger partial charge in [-0.15, -0.1) is 0 Å². The van der Waals surface area contributed by atoms with E-state index in [1.54, 1.807) is 32.9 Å². The number of carbonyl (C=O) groups is 2. The van der Waals surface area contributed by atoms with Crippen LogP contribution in [0.4, 0.5) is 5.82 Å². The number of amides is 1. The van der Waals surface area contributed by atoms with E-state index in [0.29, 0.717) is 23.4 Å². The molecule has 0 radical (unpaired) electrons. The fourth-order valence-corrected chi connectivity index (χ4v) is 3.80. The molecule has 1 aliphatic heterocycles. The van der Waals surface area contributed by atoms with Crippen molar-refractivity contribution in [3.63, 3.8) is 0 Å². The Kier molecular flexibility index (Phi) is 7.68. The summed E-state index contributed by atoms with van der Waals surface area (Å²) in [5.74, 6) is -0.526. The van der Waals surface area contributed by atoms with E-state index in [-0.39, 0.29) is 18.4 Å². The molecular weight excluding hydrogens is 430 g/mol. The molecule has 0 unspecified atom stereocenters. The smallest absolute Gasteiger partial charge is 0.323 e. The Morgan fingerprint density at radius 2 is 2.09 bits per heavy atom. The van der Waals surface area contributed by atoms with Crippen molar-refractivity contribution in [2.75, 3.05) is 11.9 Å². The second-order valence-electron chi connectivity index (χ2n) is 8.87. The van der Waals surface area contributed by atoms with E-state index in [1.165, 1.54) is 10.8 Å². The van der Waals surface area contributed by atoms with E-state index in [1.807, 2.05) is 6.92 Å². The van der Waals surface area contributed by atoms with Crippen molar-refractivity contribution in [3.8, 4) is 0 Å². The molecule has 0 aliphatic carbocycles. The molecule has 182 valence electrons. The number of unbranched alkanes of at least 4 members (excludes halogenated alkanes) is 1. The molecule has 0 aromatic carbocycles. The van der Waals surface area contributed by atoms with Gasteiger partial charge in [0.05, 0.1) is 5.69 Å². The Hall–Kier alpha value is -2.60. The van der Waals surface area contributed by atoms with E-state index in [4.69, 9.17) is 15.2 Å². The van der Waals surface area contributed by atoms with Gasteiger partial charge in [-0.3, -0.25) is 9.59 Å². The maximum Gasteiger partial charge on any atom is 0.323 e. The van der Waals surface area contributed by atoms with Gasteiger partial charge in [-0.25, -0.2) is 9.50 Å². The summed E-state index contributed by atoms with van der Waals surface area (Å²) < 4.78 is 12.7. The monoisotopic (exact) mass is 463 g/mol. The number of nitrogens with zero attached hydrogens (tertiary/aromatic N) is 3. The Balaban J connectivity index is 1.80. The van der Waals surface area contributed by atoms with Crippen molar-refractivity contribution in [2.45, 2.75) is 76.9 Å². The number of nitrogens with two attached hydrogens (primary N) is 1. The zero-order valence-electron chi connectivity index (χ0n) is 19.4. The number of hydrogen-bond donors (Lipinski definition) is 4. The quantitative estimate of drug-likeness (QED) is 0.393. The number of aliphatic hydroxyl groups excluding tert-OH is 2. The molecule has 0 saturated carbocycles. The first-order valence-electron chi connectivity index (χ1n) is 11.2. The van der Waals surface area contributed by atoms with Crippen LogP contribution in [-0.4, -0.2) is 67.6 Å². The van der Waals surface area contributed by atoms with Crippen LogP contribution in [0.15, 0.2) is 18.5 Å². The van der Waals surface area contributed by atoms with Crippen molar-refractivity contribution in [1.82, 2.24) is 14.6 Å². The van der Waals surface area contributed by atoms with Gasteiger partial charge >= 0.3 is 5.97 Å². The van der Waals surface area contributed by atoms with Crippen LogP contribution in [0.25, 0.3) is 5.52 Å². The van der Waals surface area contributed by atoms with Crippen molar-refractivity contribution in [1.29, 1.82) is 0 Å². The van der Waals surface area contributed by atoms with Gasteiger partial charge in [0.25, 0.3) is 0 Å². The number of aliphatic hydroxyl groups is 2. The Bertz CT molecular complexity index is 995. The number of carbonyl (C=O) groups excluding carboxylic acids is 2. The predicted molar refractivity (Wildman–Crippen MR) is 119 cm³/mol. The zero-order valence-corrected chi connectivity index (χ0v) is 19.4. The molecule has 1 amide bonds. The van der Waals surface area contributed by atoms with Gasteiger partial charge in [0, 0.05) is 6.42 Å². The van der Waals surface area contributed by atoms with Crippen molar-refractivity contribution in [3.05, 3.63) is 24.2 Å². The average Bonchev–Trinajstić information content (AvgIpc) is 3.32. The molecule has 5 N–H and O–H groups in total. The number of esters is 1. The number of aromatic nitrogens is 3. The van der Waals surface area contributed by atoms with E-state index in [2.05, 4.69) is 15.4 Å². The van der Waals surface area contributed by atoms with Gasteiger partial charge in [-0.1, -0.05) is 27.2 Å². The van der Waals surface area contributed by atoms with Gasteiger partial charge in [0.15, 0.2) is 5.82 Å². The van der Waals surface area contributed by atoms with Crippen molar-refractivity contribution < 1.29 is 29.3 Å². The van der Waals surface area contributed by atoms with Crippen LogP contribution in [0.2, 0.25) is 0 Å². The molecule has 1 saturated heterocycles. The summed E-state index contributed by atoms with van der Waals surface area (Å²) in [6, 6.07) is 2.59. The van der Waals surface area contributed by atoms with Crippen LogP contribution in [0, 0.1) is 5.92 Å². The largest absolute Gasteiger partial charge is 0.462 e. The summed E-state index contributed by atoms with van der Waals surface area (Å²) in [4.78, 5) is 28.4. The lowest BCUT2D eigenvalue weighted by Gasteiger charge is -2.27. The third-order valence-electron chi connectivity index (χ3n) is 6.02. The molecule has 1 fully saturated rings. The van der Waals surface area contributed by atoms with Gasteiger partial charge < -0.3 is 30.7 Å². The van der Waals surface area contributed by atoms with Crippen LogP contribution in [0.5, 0.6) is 0 Å². The Morgan fingerprint density at radius 3 is 2.76 bits per heavy atom. The first-order valence-corrected chi connectivity index (χ1v) is 11.2. The van der Waals surface area contributed by atoms with Gasteiger partial charge in [-0.2, -0.15) is 5.10 Å². The number of anilines is 1. The average molecular weight is 464 g/mol. The molecule has 0 bridgehead atoms. The number of hydrogen-bond acceptors (Lipinski definition) is 9. The molecule has 3 heterocycles. The van der Waals surface area contributed by atoms with Gasteiger partial charge in [0.1, 0.15) is 48.4 Å². The Labute approximate surface area is 192 Å². The molecule has 2 aromatic rings. The second kappa shape index (κ2) is 10.1. The molecule has 2 aromatic heterocycles. The van der Waals surface area contributed by atoms with Crippen molar-refractivity contribution in [2.24, 2.45) is 11.7 Å². The summed E-state index contributed by atoms with van der Waals surface area (Å²) >= 11 is 0. The molecule has 1 aliphatic rings. The summed E-state index contributed by atoms with van der Waals surface area (Å²) in [6.07, 6.45) is -0.253. The van der Waals surface area contributed by atoms with E-state index >= 15 is 0 Å². The second-order valence-corrected chi connectivity index (χ2v) is 8.87. The van der Waals surface area contributed by atoms with Crippen LogP contribution in [0.3, 0.4) is 0 Å². The van der Waals surface area contributed by atoms with Gasteiger partial charge in [-0.05, 0) is 31.4 Å². The molecule has 3 rings (SSSR count). The molecule has 11 heteroatoms. The fourth-order valence-electron chi connectivity index (χ4n) is 3.80. The summed E-state index contributed by atoms with van der Waals surface area (Å²) in [5.41, 5.74) is 5.40. The highest BCUT2D eigenvalue weighted by atomic mass is 16.6. The first-order chi connectivity index (χ1) is 15.6. The number of ether oxygens (including phenoxy) is 2. The maximum atomic E-state index is 12.2. The fraction of sp³-hybridized carbons (Fsp3) is 0.636. The molecule has 33 heavy (non-hydrogen) atoms. The third-order valence-corrected chi connectivity index (χ3v) is 6.02. The summed E-state index contributed by atoms with van der Waals surface area (Å²) in [5, 5.41) is 28.4. The third kappa shape index (κ3) is 5.01. The van der Waals surface area contributed by atoms with E-state index in [0.717, 1.165) is 12.8 Å². The number of fused-ring (bicyclic) bond motifs is 1. The highest BCUT2D eigenvalue weighted by Gasteiger charge is 2.54. The molecular formula is C22H33N5O6. The lowest BCUT2D eigenvalue weighted by Crippen LogP contribution is -2.41. The zero-order chi connectivity index (χ0) is 24.3. The SMILES string of the molecule is CCCCC(=O)Nc1ncnn2c([C@]3(C)O[C@H](COC(=O)[C@@H](N)C(C)C)[C@@H](O)[C@H]3O)ccc12. The normalized spacial score (nSPS) is 26.0. The minimum atomic E-state index is -1.36. The minimum absolute atomic E-state index is 0.105. The first kappa shape index (κ1) is 25.0. The number of nitrogens with one attached hydrogen (secondary N) is 1. The van der Waals surface area contributed by atoms with E-state index in [9.17, 15) is 19.8 Å². The van der Waals surface area contributed by atoms with Crippen LogP contribution in [0.1, 0.15) is 52.7 Å². The topological polar surface area (TPSA) is 161 Å². The van der Waals surface area contributed by atoms with Crippen LogP contribution >= 0.6 is 0 Å².